The molecule has 0 saturated carbocycles. The van der Waals surface area contributed by atoms with Crippen LogP contribution in [0.1, 0.15) is 64.9 Å². The quantitative estimate of drug-likeness (QED) is 0.356. The summed E-state index contributed by atoms with van der Waals surface area (Å²) in [5.74, 6) is -1.24. The van der Waals surface area contributed by atoms with Crippen molar-refractivity contribution >= 4 is 17.2 Å². The Balaban J connectivity index is 3.17. The van der Waals surface area contributed by atoms with Crippen LogP contribution in [-0.4, -0.2) is 25.6 Å². The zero-order valence-corrected chi connectivity index (χ0v) is 17.3. The van der Waals surface area contributed by atoms with Gasteiger partial charge < -0.3 is 0 Å². The van der Waals surface area contributed by atoms with Crippen LogP contribution in [0.15, 0.2) is 24.3 Å². The zero-order chi connectivity index (χ0) is 17.2. The first-order chi connectivity index (χ1) is 11.0. The summed E-state index contributed by atoms with van der Waals surface area (Å²) in [4.78, 5) is 0. The molecule has 0 atom stereocenters. The Morgan fingerprint density at radius 3 is 1.78 bits per heavy atom. The molecule has 1 aromatic rings. The van der Waals surface area contributed by atoms with E-state index in [4.69, 9.17) is 16.0 Å². The molecule has 0 N–H and O–H groups in total. The summed E-state index contributed by atoms with van der Waals surface area (Å²) in [5, 5.41) is 0. The van der Waals surface area contributed by atoms with Crippen molar-refractivity contribution in [3.05, 3.63) is 29.8 Å². The summed E-state index contributed by atoms with van der Waals surface area (Å²) in [6, 6.07) is 8.46. The van der Waals surface area contributed by atoms with Gasteiger partial charge in [-0.25, -0.2) is 0 Å². The normalized spacial score (nSPS) is 13.5. The molecular weight excluding hydrogens is 323 g/mol. The van der Waals surface area contributed by atoms with Gasteiger partial charge in [0.15, 0.2) is 0 Å². The summed E-state index contributed by atoms with van der Waals surface area (Å²) in [5.41, 5.74) is 1.31. The number of halogens is 1. The summed E-state index contributed by atoms with van der Waals surface area (Å²) in [6.07, 6.45) is 12.2. The third kappa shape index (κ3) is 6.28. The summed E-state index contributed by atoms with van der Waals surface area (Å²) in [7, 11) is 1.77. The van der Waals surface area contributed by atoms with Crippen LogP contribution in [0, 0.1) is 0 Å². The number of para-hydroxylation sites is 1. The van der Waals surface area contributed by atoms with Gasteiger partial charge in [0.1, 0.15) is 0 Å². The number of hydrogen-bond acceptors (Lipinski definition) is 1. The van der Waals surface area contributed by atoms with Gasteiger partial charge >= 0.3 is 149 Å². The van der Waals surface area contributed by atoms with Gasteiger partial charge in [0, 0.05) is 0 Å². The van der Waals surface area contributed by atoms with E-state index >= 15 is 0 Å². The van der Waals surface area contributed by atoms with E-state index in [1.54, 1.807) is 7.11 Å². The molecule has 0 radical (unpaired) electrons. The molecule has 0 amide bonds. The molecule has 0 aliphatic carbocycles. The van der Waals surface area contributed by atoms with Crippen molar-refractivity contribution in [2.45, 2.75) is 65.5 Å². The van der Waals surface area contributed by atoms with Crippen LogP contribution in [0.25, 0.3) is 0 Å². The maximum absolute atomic E-state index is 7.67. The van der Waals surface area contributed by atoms with Gasteiger partial charge in [-0.3, -0.25) is 0 Å². The van der Waals surface area contributed by atoms with E-state index in [0.717, 1.165) is 11.9 Å². The maximum atomic E-state index is 7.67. The van der Waals surface area contributed by atoms with E-state index in [9.17, 15) is 0 Å². The molecular formula is C20H36ClOP. The first kappa shape index (κ1) is 20.8. The SMILES string of the molecule is CCCCP(Cl)(CCCC)(CCCC)Cc1ccccc1OC. The number of hydrogen-bond donors (Lipinski definition) is 0. The first-order valence-electron chi connectivity index (χ1n) is 9.35. The van der Waals surface area contributed by atoms with E-state index in [2.05, 4.69) is 45.0 Å². The Bertz CT molecular complexity index is 436. The van der Waals surface area contributed by atoms with Crippen LogP contribution in [0.5, 0.6) is 5.75 Å². The van der Waals surface area contributed by atoms with Crippen molar-refractivity contribution in [1.29, 1.82) is 0 Å². The van der Waals surface area contributed by atoms with Crippen molar-refractivity contribution in [3.63, 3.8) is 0 Å². The molecule has 0 spiro atoms. The Morgan fingerprint density at radius 1 is 0.870 bits per heavy atom. The monoisotopic (exact) mass is 358 g/mol. The van der Waals surface area contributed by atoms with Gasteiger partial charge in [-0.2, -0.15) is 0 Å². The van der Waals surface area contributed by atoms with Gasteiger partial charge in [-0.05, 0) is 0 Å². The first-order valence-corrected chi connectivity index (χ1v) is 13.2. The third-order valence-electron chi connectivity index (χ3n) is 4.97. The molecule has 0 aromatic heterocycles. The minimum absolute atomic E-state index is 1.01. The van der Waals surface area contributed by atoms with Gasteiger partial charge in [0.2, 0.25) is 0 Å². The molecule has 1 aromatic carbocycles. The molecule has 0 heterocycles. The molecule has 23 heavy (non-hydrogen) atoms. The van der Waals surface area contributed by atoms with Gasteiger partial charge in [-0.15, -0.1) is 0 Å². The zero-order valence-electron chi connectivity index (χ0n) is 15.6. The fraction of sp³-hybridized carbons (Fsp3) is 0.700. The predicted octanol–water partition coefficient (Wildman–Crippen LogP) is 7.30. The third-order valence-corrected chi connectivity index (χ3v) is 12.3. The number of methoxy groups -OCH3 is 1. The molecule has 0 aliphatic heterocycles. The topological polar surface area (TPSA) is 9.23 Å². The number of rotatable bonds is 12. The molecule has 0 unspecified atom stereocenters. The van der Waals surface area contributed by atoms with Crippen LogP contribution in [0.4, 0.5) is 0 Å². The fourth-order valence-electron chi connectivity index (χ4n) is 3.49. The Labute approximate surface area is 148 Å². The average molecular weight is 359 g/mol. The van der Waals surface area contributed by atoms with Crippen molar-refractivity contribution in [1.82, 2.24) is 0 Å². The van der Waals surface area contributed by atoms with Crippen LogP contribution in [0.3, 0.4) is 0 Å². The fourth-order valence-corrected chi connectivity index (χ4v) is 10.5. The standard InChI is InChI=1S/C20H36ClOP/c1-5-8-15-23(21,16-9-6-2,17-10-7-3)18-19-13-11-12-14-20(19)22-4/h11-14H,5-10,15-18H2,1-4H3. The second-order valence-corrected chi connectivity index (χ2v) is 15.2. The number of ether oxygens (including phenoxy) is 1. The van der Waals surface area contributed by atoms with Crippen molar-refractivity contribution in [2.24, 2.45) is 0 Å². The summed E-state index contributed by atoms with van der Waals surface area (Å²) >= 11 is 7.67. The Hall–Kier alpha value is -0.260. The minimum atomic E-state index is -2.25. The van der Waals surface area contributed by atoms with Crippen LogP contribution in [-0.2, 0) is 6.16 Å². The van der Waals surface area contributed by atoms with Gasteiger partial charge in [0.05, 0.1) is 0 Å². The van der Waals surface area contributed by atoms with Crippen molar-refractivity contribution in [3.8, 4) is 5.75 Å². The van der Waals surface area contributed by atoms with E-state index in [0.29, 0.717) is 0 Å². The Morgan fingerprint density at radius 2 is 1.35 bits per heavy atom. The number of unbranched alkanes of at least 4 members (excludes halogenated alkanes) is 3. The Kier molecular flexibility index (Phi) is 8.94. The summed E-state index contributed by atoms with van der Waals surface area (Å²) in [6.45, 7) is 6.84. The molecule has 1 rings (SSSR count). The van der Waals surface area contributed by atoms with E-state index in [1.165, 1.54) is 62.6 Å². The van der Waals surface area contributed by atoms with E-state index in [1.807, 2.05) is 0 Å². The van der Waals surface area contributed by atoms with Crippen LogP contribution < -0.4 is 4.74 Å². The predicted molar refractivity (Wildman–Crippen MR) is 109 cm³/mol. The van der Waals surface area contributed by atoms with E-state index in [-0.39, 0.29) is 0 Å². The second-order valence-electron chi connectivity index (χ2n) is 7.02. The molecule has 0 saturated heterocycles. The summed E-state index contributed by atoms with van der Waals surface area (Å²) < 4.78 is 5.61. The molecule has 3 heteroatoms. The van der Waals surface area contributed by atoms with Crippen molar-refractivity contribution in [2.75, 3.05) is 25.6 Å². The van der Waals surface area contributed by atoms with E-state index < -0.39 is 5.96 Å². The average Bonchev–Trinajstić information content (AvgIpc) is 2.58. The molecule has 0 bridgehead atoms. The molecule has 134 valence electrons. The van der Waals surface area contributed by atoms with Crippen molar-refractivity contribution < 1.29 is 4.74 Å². The van der Waals surface area contributed by atoms with Crippen LogP contribution in [0.2, 0.25) is 0 Å². The van der Waals surface area contributed by atoms with Crippen LogP contribution >= 0.6 is 17.2 Å². The molecule has 0 aliphatic rings. The number of benzene rings is 1. The molecule has 1 nitrogen and oxygen atoms in total. The van der Waals surface area contributed by atoms with Gasteiger partial charge in [-0.1, -0.05) is 0 Å². The van der Waals surface area contributed by atoms with Gasteiger partial charge in [0.25, 0.3) is 0 Å². The second kappa shape index (κ2) is 9.90. The molecule has 0 fully saturated rings.